The SMILES string of the molecule is Cc1ccc(NN2CCOCC2)cc1. The highest BCUT2D eigenvalue weighted by Gasteiger charge is 2.09. The summed E-state index contributed by atoms with van der Waals surface area (Å²) >= 11 is 0. The Balaban J connectivity index is 1.92. The zero-order valence-corrected chi connectivity index (χ0v) is 8.49. The van der Waals surface area contributed by atoms with Crippen LogP contribution in [0.25, 0.3) is 0 Å². The molecule has 0 aliphatic carbocycles. The number of anilines is 1. The topological polar surface area (TPSA) is 24.5 Å². The summed E-state index contributed by atoms with van der Waals surface area (Å²) in [5, 5.41) is 2.19. The molecule has 0 unspecified atom stereocenters. The van der Waals surface area contributed by atoms with Gasteiger partial charge in [0.05, 0.1) is 13.2 Å². The maximum absolute atomic E-state index is 5.27. The lowest BCUT2D eigenvalue weighted by Crippen LogP contribution is -2.40. The van der Waals surface area contributed by atoms with Gasteiger partial charge in [0.2, 0.25) is 0 Å². The molecule has 3 nitrogen and oxygen atoms in total. The van der Waals surface area contributed by atoms with Gasteiger partial charge in [-0.1, -0.05) is 17.7 Å². The van der Waals surface area contributed by atoms with Gasteiger partial charge in [-0.3, -0.25) is 0 Å². The highest BCUT2D eigenvalue weighted by atomic mass is 16.5. The number of hydrazine groups is 1. The van der Waals surface area contributed by atoms with Crippen LogP contribution in [0.3, 0.4) is 0 Å². The van der Waals surface area contributed by atoms with Crippen molar-refractivity contribution in [1.82, 2.24) is 5.01 Å². The summed E-state index contributed by atoms with van der Waals surface area (Å²) < 4.78 is 5.27. The highest BCUT2D eigenvalue weighted by Crippen LogP contribution is 2.10. The summed E-state index contributed by atoms with van der Waals surface area (Å²) in [4.78, 5) is 0. The molecule has 2 rings (SSSR count). The quantitative estimate of drug-likeness (QED) is 0.771. The summed E-state index contributed by atoms with van der Waals surface area (Å²) in [7, 11) is 0. The molecule has 0 spiro atoms. The van der Waals surface area contributed by atoms with Gasteiger partial charge in [-0.25, -0.2) is 5.01 Å². The van der Waals surface area contributed by atoms with Crippen LogP contribution >= 0.6 is 0 Å². The van der Waals surface area contributed by atoms with Crippen molar-refractivity contribution in [3.05, 3.63) is 29.8 Å². The lowest BCUT2D eigenvalue weighted by molar-refractivity contribution is 0.0497. The largest absolute Gasteiger partial charge is 0.379 e. The minimum atomic E-state index is 0.818. The Hall–Kier alpha value is -1.06. The van der Waals surface area contributed by atoms with Crippen molar-refractivity contribution in [3.8, 4) is 0 Å². The standard InChI is InChI=1S/C11H16N2O/c1-10-2-4-11(5-3-10)12-13-6-8-14-9-7-13/h2-5,12H,6-9H2,1H3. The first-order valence-electron chi connectivity index (χ1n) is 5.00. The first-order valence-corrected chi connectivity index (χ1v) is 5.00. The average Bonchev–Trinajstić information content (AvgIpc) is 2.23. The zero-order valence-electron chi connectivity index (χ0n) is 8.49. The van der Waals surface area contributed by atoms with E-state index in [4.69, 9.17) is 4.74 Å². The average molecular weight is 192 g/mol. The van der Waals surface area contributed by atoms with Gasteiger partial charge in [-0.05, 0) is 19.1 Å². The van der Waals surface area contributed by atoms with E-state index in [1.54, 1.807) is 0 Å². The molecule has 0 aromatic heterocycles. The number of rotatable bonds is 2. The van der Waals surface area contributed by atoms with Gasteiger partial charge < -0.3 is 10.2 Å². The molecule has 1 fully saturated rings. The molecule has 1 aliphatic heterocycles. The van der Waals surface area contributed by atoms with E-state index in [1.807, 2.05) is 0 Å². The van der Waals surface area contributed by atoms with Gasteiger partial charge in [0.25, 0.3) is 0 Å². The van der Waals surface area contributed by atoms with E-state index < -0.39 is 0 Å². The molecule has 1 aromatic rings. The molecule has 1 N–H and O–H groups in total. The van der Waals surface area contributed by atoms with Crippen molar-refractivity contribution in [2.75, 3.05) is 31.7 Å². The number of ether oxygens (including phenoxy) is 1. The summed E-state index contributed by atoms with van der Waals surface area (Å²) in [5.41, 5.74) is 5.80. The third-order valence-corrected chi connectivity index (χ3v) is 2.35. The van der Waals surface area contributed by atoms with E-state index in [2.05, 4.69) is 41.6 Å². The lowest BCUT2D eigenvalue weighted by atomic mass is 10.2. The summed E-state index contributed by atoms with van der Waals surface area (Å²) in [6, 6.07) is 8.43. The second-order valence-electron chi connectivity index (χ2n) is 3.58. The Bertz CT molecular complexity index is 278. The molecule has 1 saturated heterocycles. The van der Waals surface area contributed by atoms with E-state index in [9.17, 15) is 0 Å². The van der Waals surface area contributed by atoms with Crippen molar-refractivity contribution in [2.45, 2.75) is 6.92 Å². The number of morpholine rings is 1. The molecule has 76 valence electrons. The van der Waals surface area contributed by atoms with Crippen LogP contribution in [-0.2, 0) is 4.74 Å². The second-order valence-corrected chi connectivity index (χ2v) is 3.58. The van der Waals surface area contributed by atoms with Gasteiger partial charge in [0.1, 0.15) is 0 Å². The molecule has 0 amide bonds. The molecule has 1 heterocycles. The molecule has 3 heteroatoms. The fourth-order valence-corrected chi connectivity index (χ4v) is 1.49. The van der Waals surface area contributed by atoms with Crippen LogP contribution in [-0.4, -0.2) is 31.3 Å². The van der Waals surface area contributed by atoms with Gasteiger partial charge in [0.15, 0.2) is 0 Å². The van der Waals surface area contributed by atoms with Crippen molar-refractivity contribution >= 4 is 5.69 Å². The molecule has 0 radical (unpaired) electrons. The predicted octanol–water partition coefficient (Wildman–Crippen LogP) is 1.65. The first kappa shape index (κ1) is 9.49. The Morgan fingerprint density at radius 1 is 1.14 bits per heavy atom. The van der Waals surface area contributed by atoms with Gasteiger partial charge in [-0.2, -0.15) is 0 Å². The Morgan fingerprint density at radius 2 is 1.79 bits per heavy atom. The highest BCUT2D eigenvalue weighted by molar-refractivity contribution is 5.43. The Labute approximate surface area is 84.6 Å². The molecular weight excluding hydrogens is 176 g/mol. The molecule has 1 aliphatic rings. The Morgan fingerprint density at radius 3 is 2.43 bits per heavy atom. The molecule has 1 aromatic carbocycles. The minimum Gasteiger partial charge on any atom is -0.379 e. The fourth-order valence-electron chi connectivity index (χ4n) is 1.49. The summed E-state index contributed by atoms with van der Waals surface area (Å²) in [6.45, 7) is 5.64. The van der Waals surface area contributed by atoms with E-state index in [0.29, 0.717) is 0 Å². The molecule has 0 saturated carbocycles. The van der Waals surface area contributed by atoms with E-state index in [-0.39, 0.29) is 0 Å². The zero-order chi connectivity index (χ0) is 9.80. The van der Waals surface area contributed by atoms with Gasteiger partial charge in [0, 0.05) is 18.8 Å². The molecule has 14 heavy (non-hydrogen) atoms. The number of benzene rings is 1. The van der Waals surface area contributed by atoms with Crippen LogP contribution in [0.5, 0.6) is 0 Å². The van der Waals surface area contributed by atoms with E-state index in [1.165, 1.54) is 5.56 Å². The third-order valence-electron chi connectivity index (χ3n) is 2.35. The monoisotopic (exact) mass is 192 g/mol. The van der Waals surface area contributed by atoms with Crippen molar-refractivity contribution in [2.24, 2.45) is 0 Å². The smallest absolute Gasteiger partial charge is 0.0612 e. The molecule has 0 atom stereocenters. The number of nitrogens with one attached hydrogen (secondary N) is 1. The predicted molar refractivity (Wildman–Crippen MR) is 57.2 cm³/mol. The maximum atomic E-state index is 5.27. The Kier molecular flexibility index (Phi) is 3.01. The van der Waals surface area contributed by atoms with E-state index >= 15 is 0 Å². The maximum Gasteiger partial charge on any atom is 0.0612 e. The third kappa shape index (κ3) is 2.47. The van der Waals surface area contributed by atoms with Crippen molar-refractivity contribution < 1.29 is 4.74 Å². The number of hydrogen-bond acceptors (Lipinski definition) is 3. The van der Waals surface area contributed by atoms with Gasteiger partial charge >= 0.3 is 0 Å². The number of nitrogens with zero attached hydrogens (tertiary/aromatic N) is 1. The van der Waals surface area contributed by atoms with Crippen LogP contribution in [0.4, 0.5) is 5.69 Å². The van der Waals surface area contributed by atoms with Gasteiger partial charge in [-0.15, -0.1) is 0 Å². The van der Waals surface area contributed by atoms with Crippen LogP contribution in [0.2, 0.25) is 0 Å². The normalized spacial score (nSPS) is 18.1. The second kappa shape index (κ2) is 4.44. The van der Waals surface area contributed by atoms with Crippen molar-refractivity contribution in [3.63, 3.8) is 0 Å². The number of aryl methyl sites for hydroxylation is 1. The number of hydrogen-bond donors (Lipinski definition) is 1. The molecular formula is C11H16N2O. The minimum absolute atomic E-state index is 0.818. The van der Waals surface area contributed by atoms with Crippen molar-refractivity contribution in [1.29, 1.82) is 0 Å². The van der Waals surface area contributed by atoms with Crippen LogP contribution in [0.15, 0.2) is 24.3 Å². The molecule has 0 bridgehead atoms. The van der Waals surface area contributed by atoms with E-state index in [0.717, 1.165) is 32.0 Å². The fraction of sp³-hybridized carbons (Fsp3) is 0.455. The summed E-state index contributed by atoms with van der Waals surface area (Å²) in [5.74, 6) is 0. The first-order chi connectivity index (χ1) is 6.84. The van der Waals surface area contributed by atoms with Crippen LogP contribution in [0, 0.1) is 6.92 Å². The van der Waals surface area contributed by atoms with Crippen LogP contribution in [0.1, 0.15) is 5.56 Å². The van der Waals surface area contributed by atoms with Crippen LogP contribution < -0.4 is 5.43 Å². The lowest BCUT2D eigenvalue weighted by Gasteiger charge is -2.27. The summed E-state index contributed by atoms with van der Waals surface area (Å²) in [6.07, 6.45) is 0.